The van der Waals surface area contributed by atoms with Crippen molar-refractivity contribution in [3.8, 4) is 0 Å². The number of anilines is 1. The first kappa shape index (κ1) is 14.5. The van der Waals surface area contributed by atoms with Crippen LogP contribution in [0.1, 0.15) is 17.2 Å². The Balaban J connectivity index is 2.34. The largest absolute Gasteiger partial charge is 0.479 e. The molecule has 104 valence electrons. The Hall–Kier alpha value is -1.88. The molecule has 0 aliphatic carbocycles. The molecule has 0 saturated heterocycles. The SMILES string of the molecule is Cc1cc(C(Nc2ccccc2F)C(=O)O)ccc1Br. The summed E-state index contributed by atoms with van der Waals surface area (Å²) in [6.07, 6.45) is 0. The number of carbonyl (C=O) groups is 1. The first-order chi connectivity index (χ1) is 9.49. The van der Waals surface area contributed by atoms with Crippen molar-refractivity contribution >= 4 is 27.6 Å². The lowest BCUT2D eigenvalue weighted by atomic mass is 10.0. The number of benzene rings is 2. The molecule has 0 heterocycles. The van der Waals surface area contributed by atoms with E-state index in [2.05, 4.69) is 21.2 Å². The summed E-state index contributed by atoms with van der Waals surface area (Å²) < 4.78 is 14.5. The monoisotopic (exact) mass is 337 g/mol. The van der Waals surface area contributed by atoms with Crippen LogP contribution in [0.25, 0.3) is 0 Å². The molecule has 0 saturated carbocycles. The van der Waals surface area contributed by atoms with E-state index in [1.165, 1.54) is 12.1 Å². The number of aryl methyl sites for hydroxylation is 1. The highest BCUT2D eigenvalue weighted by Crippen LogP contribution is 2.25. The lowest BCUT2D eigenvalue weighted by molar-refractivity contribution is -0.138. The van der Waals surface area contributed by atoms with Crippen LogP contribution >= 0.6 is 15.9 Å². The topological polar surface area (TPSA) is 49.3 Å². The maximum absolute atomic E-state index is 13.6. The molecule has 0 spiro atoms. The van der Waals surface area contributed by atoms with Crippen LogP contribution in [0.3, 0.4) is 0 Å². The molecule has 2 N–H and O–H groups in total. The van der Waals surface area contributed by atoms with Crippen LogP contribution in [-0.2, 0) is 4.79 Å². The van der Waals surface area contributed by atoms with Gasteiger partial charge in [0.2, 0.25) is 0 Å². The van der Waals surface area contributed by atoms with Crippen LogP contribution in [0, 0.1) is 12.7 Å². The van der Waals surface area contributed by atoms with E-state index < -0.39 is 17.8 Å². The molecule has 5 heteroatoms. The Morgan fingerprint density at radius 3 is 2.60 bits per heavy atom. The molecule has 1 atom stereocenters. The van der Waals surface area contributed by atoms with Crippen molar-refractivity contribution in [1.29, 1.82) is 0 Å². The maximum atomic E-state index is 13.6. The second-order valence-corrected chi connectivity index (χ2v) is 5.26. The average molecular weight is 338 g/mol. The summed E-state index contributed by atoms with van der Waals surface area (Å²) in [6, 6.07) is 10.2. The number of aliphatic carboxylic acids is 1. The van der Waals surface area contributed by atoms with Crippen LogP contribution in [0.4, 0.5) is 10.1 Å². The lowest BCUT2D eigenvalue weighted by Gasteiger charge is -2.17. The number of para-hydroxylation sites is 1. The Labute approximate surface area is 124 Å². The van der Waals surface area contributed by atoms with Crippen LogP contribution in [0.15, 0.2) is 46.9 Å². The van der Waals surface area contributed by atoms with E-state index in [1.54, 1.807) is 30.3 Å². The maximum Gasteiger partial charge on any atom is 0.330 e. The minimum absolute atomic E-state index is 0.167. The summed E-state index contributed by atoms with van der Waals surface area (Å²) in [5.41, 5.74) is 1.66. The van der Waals surface area contributed by atoms with E-state index in [0.29, 0.717) is 5.56 Å². The molecule has 2 rings (SSSR count). The zero-order valence-electron chi connectivity index (χ0n) is 10.7. The third-order valence-electron chi connectivity index (χ3n) is 2.94. The zero-order valence-corrected chi connectivity index (χ0v) is 12.3. The van der Waals surface area contributed by atoms with E-state index in [4.69, 9.17) is 0 Å². The van der Waals surface area contributed by atoms with Gasteiger partial charge in [0.15, 0.2) is 6.04 Å². The summed E-state index contributed by atoms with van der Waals surface area (Å²) in [4.78, 5) is 11.4. The molecular formula is C15H13BrFNO2. The third-order valence-corrected chi connectivity index (χ3v) is 3.83. The molecule has 3 nitrogen and oxygen atoms in total. The van der Waals surface area contributed by atoms with Gasteiger partial charge >= 0.3 is 5.97 Å². The first-order valence-electron chi connectivity index (χ1n) is 5.99. The summed E-state index contributed by atoms with van der Waals surface area (Å²) in [6.45, 7) is 1.87. The standard InChI is InChI=1S/C15H13BrFNO2/c1-9-8-10(6-7-11(9)16)14(15(19)20)18-13-5-3-2-4-12(13)17/h2-8,14,18H,1H3,(H,19,20). The van der Waals surface area contributed by atoms with Gasteiger partial charge in [-0.3, -0.25) is 0 Å². The van der Waals surface area contributed by atoms with Gasteiger partial charge in [-0.15, -0.1) is 0 Å². The predicted octanol–water partition coefficient (Wildman–Crippen LogP) is 4.13. The highest BCUT2D eigenvalue weighted by molar-refractivity contribution is 9.10. The Kier molecular flexibility index (Phi) is 4.39. The minimum Gasteiger partial charge on any atom is -0.479 e. The molecule has 0 bridgehead atoms. The Bertz CT molecular complexity index is 646. The summed E-state index contributed by atoms with van der Waals surface area (Å²) >= 11 is 3.37. The second-order valence-electron chi connectivity index (χ2n) is 4.40. The van der Waals surface area contributed by atoms with Gasteiger partial charge in [0.1, 0.15) is 5.82 Å². The number of carboxylic acids is 1. The number of nitrogens with one attached hydrogen (secondary N) is 1. The Morgan fingerprint density at radius 2 is 2.00 bits per heavy atom. The summed E-state index contributed by atoms with van der Waals surface area (Å²) in [5.74, 6) is -1.54. The summed E-state index contributed by atoms with van der Waals surface area (Å²) in [7, 11) is 0. The molecule has 0 aliphatic rings. The van der Waals surface area contributed by atoms with E-state index in [9.17, 15) is 14.3 Å². The van der Waals surface area contributed by atoms with E-state index in [0.717, 1.165) is 10.0 Å². The highest BCUT2D eigenvalue weighted by Gasteiger charge is 2.21. The normalized spacial score (nSPS) is 11.9. The minimum atomic E-state index is -1.06. The van der Waals surface area contributed by atoms with Crippen LogP contribution in [-0.4, -0.2) is 11.1 Å². The van der Waals surface area contributed by atoms with Crippen molar-refractivity contribution < 1.29 is 14.3 Å². The molecule has 0 amide bonds. The molecule has 0 aliphatic heterocycles. The molecule has 2 aromatic rings. The van der Waals surface area contributed by atoms with Gasteiger partial charge < -0.3 is 10.4 Å². The summed E-state index contributed by atoms with van der Waals surface area (Å²) in [5, 5.41) is 12.1. The van der Waals surface area contributed by atoms with Gasteiger partial charge in [-0.05, 0) is 36.2 Å². The van der Waals surface area contributed by atoms with Gasteiger partial charge in [0.25, 0.3) is 0 Å². The molecule has 20 heavy (non-hydrogen) atoms. The fraction of sp³-hybridized carbons (Fsp3) is 0.133. The Morgan fingerprint density at radius 1 is 1.30 bits per heavy atom. The fourth-order valence-electron chi connectivity index (χ4n) is 1.87. The molecular weight excluding hydrogens is 325 g/mol. The lowest BCUT2D eigenvalue weighted by Crippen LogP contribution is -2.21. The van der Waals surface area contributed by atoms with Crippen LogP contribution in [0.5, 0.6) is 0 Å². The first-order valence-corrected chi connectivity index (χ1v) is 6.78. The van der Waals surface area contributed by atoms with Gasteiger partial charge in [-0.25, -0.2) is 9.18 Å². The van der Waals surface area contributed by atoms with E-state index in [-0.39, 0.29) is 5.69 Å². The predicted molar refractivity (Wildman–Crippen MR) is 79.3 cm³/mol. The zero-order chi connectivity index (χ0) is 14.7. The quantitative estimate of drug-likeness (QED) is 0.881. The van der Waals surface area contributed by atoms with Gasteiger partial charge in [-0.2, -0.15) is 0 Å². The van der Waals surface area contributed by atoms with Crippen molar-refractivity contribution in [2.24, 2.45) is 0 Å². The van der Waals surface area contributed by atoms with Gasteiger partial charge in [0, 0.05) is 4.47 Å². The van der Waals surface area contributed by atoms with Gasteiger partial charge in [-0.1, -0.05) is 40.2 Å². The third kappa shape index (κ3) is 3.17. The fourth-order valence-corrected chi connectivity index (χ4v) is 2.12. The van der Waals surface area contributed by atoms with Crippen molar-refractivity contribution in [3.63, 3.8) is 0 Å². The van der Waals surface area contributed by atoms with Crippen molar-refractivity contribution in [2.75, 3.05) is 5.32 Å². The average Bonchev–Trinajstić information content (AvgIpc) is 2.41. The molecule has 0 fully saturated rings. The smallest absolute Gasteiger partial charge is 0.330 e. The van der Waals surface area contributed by atoms with Crippen LogP contribution < -0.4 is 5.32 Å². The highest BCUT2D eigenvalue weighted by atomic mass is 79.9. The molecule has 0 radical (unpaired) electrons. The number of rotatable bonds is 4. The van der Waals surface area contributed by atoms with Crippen molar-refractivity contribution in [3.05, 3.63) is 63.9 Å². The molecule has 1 unspecified atom stereocenters. The van der Waals surface area contributed by atoms with Crippen molar-refractivity contribution in [1.82, 2.24) is 0 Å². The number of hydrogen-bond acceptors (Lipinski definition) is 2. The van der Waals surface area contributed by atoms with E-state index in [1.807, 2.05) is 6.92 Å². The van der Waals surface area contributed by atoms with Crippen molar-refractivity contribution in [2.45, 2.75) is 13.0 Å². The van der Waals surface area contributed by atoms with Gasteiger partial charge in [0.05, 0.1) is 5.69 Å². The number of carboxylic acid groups (broad SMARTS) is 1. The van der Waals surface area contributed by atoms with E-state index >= 15 is 0 Å². The molecule has 0 aromatic heterocycles. The van der Waals surface area contributed by atoms with Crippen LogP contribution in [0.2, 0.25) is 0 Å². The molecule has 2 aromatic carbocycles. The number of hydrogen-bond donors (Lipinski definition) is 2. The number of halogens is 2. The second kappa shape index (κ2) is 6.05.